The Bertz CT molecular complexity index is 917. The van der Waals surface area contributed by atoms with Crippen LogP contribution in [0.25, 0.3) is 11.4 Å². The van der Waals surface area contributed by atoms with Crippen LogP contribution >= 0.6 is 11.8 Å². The van der Waals surface area contributed by atoms with Gasteiger partial charge in [-0.1, -0.05) is 54.2 Å². The third kappa shape index (κ3) is 4.69. The fraction of sp³-hybridized carbons (Fsp3) is 0.286. The van der Waals surface area contributed by atoms with E-state index in [1.807, 2.05) is 49.4 Å². The number of nitrogens with zero attached hydrogens (tertiary/aromatic N) is 4. The maximum atomic E-state index is 9.06. The summed E-state index contributed by atoms with van der Waals surface area (Å²) in [6.07, 6.45) is 0.877. The van der Waals surface area contributed by atoms with Crippen LogP contribution in [0.1, 0.15) is 12.5 Å². The fourth-order valence-electron chi connectivity index (χ4n) is 2.75. The second-order valence-electron chi connectivity index (χ2n) is 6.23. The van der Waals surface area contributed by atoms with Crippen LogP contribution in [-0.4, -0.2) is 27.6 Å². The van der Waals surface area contributed by atoms with E-state index in [0.717, 1.165) is 35.3 Å². The average molecular weight is 379 g/mol. The number of aromatic nitrogens is 3. The van der Waals surface area contributed by atoms with Gasteiger partial charge in [0.15, 0.2) is 11.0 Å². The molecular formula is C21H22N4OS. The summed E-state index contributed by atoms with van der Waals surface area (Å²) >= 11 is 1.57. The molecule has 0 bridgehead atoms. The van der Waals surface area contributed by atoms with Crippen molar-refractivity contribution in [3.05, 3.63) is 60.2 Å². The molecular weight excluding hydrogens is 356 g/mol. The van der Waals surface area contributed by atoms with Gasteiger partial charge in [0.1, 0.15) is 5.75 Å². The van der Waals surface area contributed by atoms with E-state index >= 15 is 0 Å². The zero-order valence-corrected chi connectivity index (χ0v) is 16.3. The second-order valence-corrected chi connectivity index (χ2v) is 7.22. The van der Waals surface area contributed by atoms with Crippen molar-refractivity contribution in [3.8, 4) is 23.2 Å². The highest BCUT2D eigenvalue weighted by Crippen LogP contribution is 2.31. The Hall–Kier alpha value is -2.78. The van der Waals surface area contributed by atoms with Gasteiger partial charge >= 0.3 is 0 Å². The maximum Gasteiger partial charge on any atom is 0.191 e. The Labute approximate surface area is 164 Å². The number of hydrogen-bond donors (Lipinski definition) is 0. The number of nitriles is 1. The minimum Gasteiger partial charge on any atom is -0.496 e. The minimum atomic E-state index is -0.0380. The molecule has 0 saturated carbocycles. The number of aryl methyl sites for hydroxylation is 1. The number of benzene rings is 2. The molecule has 1 aromatic heterocycles. The van der Waals surface area contributed by atoms with Crippen molar-refractivity contribution in [2.75, 3.05) is 12.9 Å². The normalized spacial score (nSPS) is 11.7. The van der Waals surface area contributed by atoms with Gasteiger partial charge in [-0.15, -0.1) is 10.2 Å². The summed E-state index contributed by atoms with van der Waals surface area (Å²) in [5.74, 6) is 2.21. The highest BCUT2D eigenvalue weighted by Gasteiger charge is 2.18. The standard InChI is InChI=1S/C21H22N4OS/c1-16(14-22)15-27-21-24-23-20(18-10-6-7-11-19(18)26-2)25(21)13-12-17-8-4-3-5-9-17/h3-11,16H,12-13,15H2,1-2H3/t16-/m0/s1. The van der Waals surface area contributed by atoms with Crippen molar-refractivity contribution in [1.82, 2.24) is 14.8 Å². The summed E-state index contributed by atoms with van der Waals surface area (Å²) in [5.41, 5.74) is 2.18. The smallest absolute Gasteiger partial charge is 0.191 e. The first kappa shape index (κ1) is 19.0. The first-order valence-electron chi connectivity index (χ1n) is 8.86. The highest BCUT2D eigenvalue weighted by molar-refractivity contribution is 7.99. The van der Waals surface area contributed by atoms with Gasteiger partial charge < -0.3 is 9.30 Å². The summed E-state index contributed by atoms with van der Waals surface area (Å²) < 4.78 is 7.64. The molecule has 0 aliphatic carbocycles. The number of ether oxygens (including phenoxy) is 1. The lowest BCUT2D eigenvalue weighted by Gasteiger charge is -2.12. The Morgan fingerprint density at radius 3 is 2.59 bits per heavy atom. The zero-order valence-electron chi connectivity index (χ0n) is 15.5. The lowest BCUT2D eigenvalue weighted by Crippen LogP contribution is -2.07. The summed E-state index contributed by atoms with van der Waals surface area (Å²) in [5, 5.41) is 18.7. The SMILES string of the molecule is COc1ccccc1-c1nnc(SC[C@@H](C)C#N)n1CCc1ccccc1. The van der Waals surface area contributed by atoms with E-state index < -0.39 is 0 Å². The van der Waals surface area contributed by atoms with Crippen molar-refractivity contribution < 1.29 is 4.74 Å². The van der Waals surface area contributed by atoms with Crippen molar-refractivity contribution >= 4 is 11.8 Å². The van der Waals surface area contributed by atoms with Gasteiger partial charge in [0.2, 0.25) is 0 Å². The molecule has 0 spiro atoms. The molecule has 3 aromatic rings. The average Bonchev–Trinajstić information content (AvgIpc) is 3.13. The number of thioether (sulfide) groups is 1. The van der Waals surface area contributed by atoms with Gasteiger partial charge in [-0.3, -0.25) is 0 Å². The monoisotopic (exact) mass is 378 g/mol. The van der Waals surface area contributed by atoms with Gasteiger partial charge in [0.05, 0.1) is 24.7 Å². The van der Waals surface area contributed by atoms with Crippen LogP contribution < -0.4 is 4.74 Å². The summed E-state index contributed by atoms with van der Waals surface area (Å²) in [7, 11) is 1.66. The first-order chi connectivity index (χ1) is 13.2. The zero-order chi connectivity index (χ0) is 19.1. The third-order valence-corrected chi connectivity index (χ3v) is 5.44. The molecule has 0 saturated heterocycles. The van der Waals surface area contributed by atoms with E-state index in [0.29, 0.717) is 5.75 Å². The molecule has 1 atom stereocenters. The molecule has 2 aromatic carbocycles. The molecule has 0 radical (unpaired) electrons. The minimum absolute atomic E-state index is 0.0380. The first-order valence-corrected chi connectivity index (χ1v) is 9.84. The van der Waals surface area contributed by atoms with Crippen LogP contribution in [-0.2, 0) is 13.0 Å². The third-order valence-electron chi connectivity index (χ3n) is 4.21. The van der Waals surface area contributed by atoms with Gasteiger partial charge in [0, 0.05) is 12.3 Å². The quantitative estimate of drug-likeness (QED) is 0.542. The predicted octanol–water partition coefficient (Wildman–Crippen LogP) is 4.45. The predicted molar refractivity (Wildman–Crippen MR) is 108 cm³/mol. The van der Waals surface area contributed by atoms with Gasteiger partial charge in [-0.2, -0.15) is 5.26 Å². The Morgan fingerprint density at radius 2 is 1.85 bits per heavy atom. The van der Waals surface area contributed by atoms with Crippen molar-refractivity contribution in [3.63, 3.8) is 0 Å². The summed E-state index contributed by atoms with van der Waals surface area (Å²) in [6, 6.07) is 20.5. The molecule has 0 amide bonds. The summed E-state index contributed by atoms with van der Waals surface area (Å²) in [6.45, 7) is 2.67. The van der Waals surface area contributed by atoms with Crippen molar-refractivity contribution in [1.29, 1.82) is 5.26 Å². The molecule has 3 rings (SSSR count). The van der Waals surface area contributed by atoms with E-state index in [9.17, 15) is 0 Å². The number of methoxy groups -OCH3 is 1. The number of rotatable bonds is 8. The van der Waals surface area contributed by atoms with Gasteiger partial charge in [-0.05, 0) is 31.0 Å². The Kier molecular flexibility index (Phi) is 6.50. The topological polar surface area (TPSA) is 63.7 Å². The second kappa shape index (κ2) is 9.24. The number of para-hydroxylation sites is 1. The van der Waals surface area contributed by atoms with Crippen LogP contribution in [0.4, 0.5) is 0 Å². The molecule has 138 valence electrons. The fourth-order valence-corrected chi connectivity index (χ4v) is 3.65. The van der Waals surface area contributed by atoms with E-state index in [1.165, 1.54) is 5.56 Å². The highest BCUT2D eigenvalue weighted by atomic mass is 32.2. The van der Waals surface area contributed by atoms with Crippen LogP contribution in [0.3, 0.4) is 0 Å². The van der Waals surface area contributed by atoms with Crippen molar-refractivity contribution in [2.24, 2.45) is 5.92 Å². The molecule has 0 N–H and O–H groups in total. The van der Waals surface area contributed by atoms with Gasteiger partial charge in [-0.25, -0.2) is 0 Å². The van der Waals surface area contributed by atoms with E-state index in [1.54, 1.807) is 18.9 Å². The molecule has 1 heterocycles. The molecule has 27 heavy (non-hydrogen) atoms. The molecule has 0 aliphatic heterocycles. The molecule has 5 nitrogen and oxygen atoms in total. The molecule has 6 heteroatoms. The van der Waals surface area contributed by atoms with E-state index in [-0.39, 0.29) is 5.92 Å². The lowest BCUT2D eigenvalue weighted by atomic mass is 10.1. The Morgan fingerprint density at radius 1 is 1.11 bits per heavy atom. The van der Waals surface area contributed by atoms with Crippen LogP contribution in [0.5, 0.6) is 5.75 Å². The Balaban J connectivity index is 1.92. The van der Waals surface area contributed by atoms with E-state index in [4.69, 9.17) is 10.00 Å². The van der Waals surface area contributed by atoms with E-state index in [2.05, 4.69) is 33.0 Å². The molecule has 0 fully saturated rings. The molecule has 0 unspecified atom stereocenters. The van der Waals surface area contributed by atoms with Gasteiger partial charge in [0.25, 0.3) is 0 Å². The van der Waals surface area contributed by atoms with Crippen LogP contribution in [0.2, 0.25) is 0 Å². The van der Waals surface area contributed by atoms with Crippen LogP contribution in [0, 0.1) is 17.2 Å². The largest absolute Gasteiger partial charge is 0.496 e. The van der Waals surface area contributed by atoms with Crippen LogP contribution in [0.15, 0.2) is 59.8 Å². The van der Waals surface area contributed by atoms with Crippen molar-refractivity contribution in [2.45, 2.75) is 25.0 Å². The maximum absolute atomic E-state index is 9.06. The summed E-state index contributed by atoms with van der Waals surface area (Å²) in [4.78, 5) is 0. The molecule has 0 aliphatic rings. The lowest BCUT2D eigenvalue weighted by molar-refractivity contribution is 0.415. The number of hydrogen-bond acceptors (Lipinski definition) is 5.